The second-order valence-corrected chi connectivity index (χ2v) is 8.66. The smallest absolute Gasteiger partial charge is 0.251 e. The lowest BCUT2D eigenvalue weighted by molar-refractivity contribution is 0.0939. The van der Waals surface area contributed by atoms with E-state index < -0.39 is 10.0 Å². The number of carbonyl (C=O) groups excluding carboxylic acids is 1. The zero-order valence-electron chi connectivity index (χ0n) is 16.8. The maximum atomic E-state index is 12.8. The summed E-state index contributed by atoms with van der Waals surface area (Å²) in [5, 5.41) is 2.92. The summed E-state index contributed by atoms with van der Waals surface area (Å²) in [7, 11) is -2.13. The third kappa shape index (κ3) is 5.33. The minimum atomic E-state index is -3.65. The fourth-order valence-corrected chi connectivity index (χ4v) is 3.82. The molecular formula is C21H28N2O4S. The van der Waals surface area contributed by atoms with Gasteiger partial charge in [-0.05, 0) is 50.6 Å². The van der Waals surface area contributed by atoms with E-state index in [1.807, 2.05) is 20.8 Å². The Balaban J connectivity index is 2.31. The van der Waals surface area contributed by atoms with Gasteiger partial charge < -0.3 is 10.1 Å². The number of amides is 1. The van der Waals surface area contributed by atoms with Crippen LogP contribution in [0.5, 0.6) is 5.75 Å². The minimum absolute atomic E-state index is 0.0589. The first-order valence-corrected chi connectivity index (χ1v) is 10.8. The van der Waals surface area contributed by atoms with Crippen molar-refractivity contribution < 1.29 is 17.9 Å². The molecule has 152 valence electrons. The molecule has 0 spiro atoms. The molecule has 2 aromatic carbocycles. The van der Waals surface area contributed by atoms with Crippen molar-refractivity contribution in [1.82, 2.24) is 9.62 Å². The van der Waals surface area contributed by atoms with E-state index in [1.54, 1.807) is 48.5 Å². The number of hydrogen-bond acceptors (Lipinski definition) is 4. The van der Waals surface area contributed by atoms with E-state index in [-0.39, 0.29) is 23.4 Å². The van der Waals surface area contributed by atoms with E-state index in [0.29, 0.717) is 23.5 Å². The summed E-state index contributed by atoms with van der Waals surface area (Å²) < 4.78 is 32.5. The van der Waals surface area contributed by atoms with Gasteiger partial charge in [0, 0.05) is 30.8 Å². The monoisotopic (exact) mass is 404 g/mol. The van der Waals surface area contributed by atoms with Crippen LogP contribution in [0.2, 0.25) is 0 Å². The molecule has 1 amide bonds. The number of hydrogen-bond donors (Lipinski definition) is 1. The largest absolute Gasteiger partial charge is 0.494 e. The standard InChI is InChI=1S/C21H28N2O4S/c1-5-16(3)22-21(24)17-12-13-20(27-6-2)18(14-17)15-23(4)28(25,26)19-10-8-7-9-11-19/h7-14,16H,5-6,15H2,1-4H3,(H,22,24)/t16-/m1/s1. The van der Waals surface area contributed by atoms with Crippen LogP contribution in [0.3, 0.4) is 0 Å². The number of ether oxygens (including phenoxy) is 1. The fraction of sp³-hybridized carbons (Fsp3) is 0.381. The fourth-order valence-electron chi connectivity index (χ4n) is 2.65. The molecule has 0 aliphatic rings. The average Bonchev–Trinajstić information content (AvgIpc) is 2.69. The highest BCUT2D eigenvalue weighted by atomic mass is 32.2. The van der Waals surface area contributed by atoms with Crippen molar-refractivity contribution in [3.63, 3.8) is 0 Å². The van der Waals surface area contributed by atoms with Gasteiger partial charge in [-0.3, -0.25) is 4.79 Å². The van der Waals surface area contributed by atoms with Crippen molar-refractivity contribution in [2.24, 2.45) is 0 Å². The van der Waals surface area contributed by atoms with Crippen LogP contribution in [0.4, 0.5) is 0 Å². The highest BCUT2D eigenvalue weighted by molar-refractivity contribution is 7.89. The predicted molar refractivity (Wildman–Crippen MR) is 110 cm³/mol. The van der Waals surface area contributed by atoms with E-state index >= 15 is 0 Å². The van der Waals surface area contributed by atoms with Crippen LogP contribution in [-0.4, -0.2) is 38.3 Å². The number of sulfonamides is 1. The molecule has 0 heterocycles. The molecule has 0 aromatic heterocycles. The summed E-state index contributed by atoms with van der Waals surface area (Å²) in [6.45, 7) is 6.33. The van der Waals surface area contributed by atoms with Gasteiger partial charge in [0.2, 0.25) is 10.0 Å². The Labute approximate surface area is 167 Å². The van der Waals surface area contributed by atoms with E-state index in [2.05, 4.69) is 5.32 Å². The second kappa shape index (κ2) is 9.71. The average molecular weight is 405 g/mol. The van der Waals surface area contributed by atoms with Crippen LogP contribution < -0.4 is 10.1 Å². The Hall–Kier alpha value is -2.38. The summed E-state index contributed by atoms with van der Waals surface area (Å²) in [6, 6.07) is 13.4. The highest BCUT2D eigenvalue weighted by Gasteiger charge is 2.22. The maximum absolute atomic E-state index is 12.8. The first kappa shape index (κ1) is 21.9. The van der Waals surface area contributed by atoms with Gasteiger partial charge in [-0.15, -0.1) is 0 Å². The van der Waals surface area contributed by atoms with E-state index in [0.717, 1.165) is 6.42 Å². The molecular weight excluding hydrogens is 376 g/mol. The third-order valence-corrected chi connectivity index (χ3v) is 6.27. The third-order valence-electron chi connectivity index (χ3n) is 4.46. The van der Waals surface area contributed by atoms with Crippen LogP contribution in [0.15, 0.2) is 53.4 Å². The van der Waals surface area contributed by atoms with Crippen LogP contribution in [-0.2, 0) is 16.6 Å². The molecule has 0 bridgehead atoms. The van der Waals surface area contributed by atoms with Gasteiger partial charge in [0.15, 0.2) is 0 Å². The molecule has 0 saturated heterocycles. The molecule has 0 unspecified atom stereocenters. The summed E-state index contributed by atoms with van der Waals surface area (Å²) in [5.41, 5.74) is 1.12. The molecule has 7 heteroatoms. The van der Waals surface area contributed by atoms with Gasteiger partial charge in [-0.2, -0.15) is 4.31 Å². The van der Waals surface area contributed by atoms with E-state index in [1.165, 1.54) is 11.4 Å². The molecule has 0 aliphatic carbocycles. The van der Waals surface area contributed by atoms with Crippen LogP contribution in [0.25, 0.3) is 0 Å². The zero-order valence-corrected chi connectivity index (χ0v) is 17.6. The van der Waals surface area contributed by atoms with Crippen molar-refractivity contribution in [2.75, 3.05) is 13.7 Å². The van der Waals surface area contributed by atoms with Gasteiger partial charge in [-0.1, -0.05) is 25.1 Å². The van der Waals surface area contributed by atoms with Gasteiger partial charge in [0.25, 0.3) is 5.91 Å². The maximum Gasteiger partial charge on any atom is 0.251 e. The van der Waals surface area contributed by atoms with Gasteiger partial charge in [-0.25, -0.2) is 8.42 Å². The minimum Gasteiger partial charge on any atom is -0.494 e. The lowest BCUT2D eigenvalue weighted by Crippen LogP contribution is -2.32. The molecule has 1 atom stereocenters. The van der Waals surface area contributed by atoms with Crippen molar-refractivity contribution in [3.8, 4) is 5.75 Å². The Kier molecular flexibility index (Phi) is 7.60. The normalized spacial score (nSPS) is 12.6. The molecule has 0 fully saturated rings. The van der Waals surface area contributed by atoms with Crippen molar-refractivity contribution in [1.29, 1.82) is 0 Å². The van der Waals surface area contributed by atoms with Crippen LogP contribution in [0, 0.1) is 0 Å². The number of nitrogens with zero attached hydrogens (tertiary/aromatic N) is 1. The number of carbonyl (C=O) groups is 1. The topological polar surface area (TPSA) is 75.7 Å². The SMILES string of the molecule is CCOc1ccc(C(=O)N[C@H](C)CC)cc1CN(C)S(=O)(=O)c1ccccc1. The molecule has 2 aromatic rings. The van der Waals surface area contributed by atoms with E-state index in [9.17, 15) is 13.2 Å². The predicted octanol–water partition coefficient (Wildman–Crippen LogP) is 3.43. The Morgan fingerprint density at radius 1 is 1.14 bits per heavy atom. The molecule has 1 N–H and O–H groups in total. The molecule has 2 rings (SSSR count). The van der Waals surface area contributed by atoms with Crippen LogP contribution >= 0.6 is 0 Å². The zero-order chi connectivity index (χ0) is 20.7. The summed E-state index contributed by atoms with van der Waals surface area (Å²) in [4.78, 5) is 12.7. The lowest BCUT2D eigenvalue weighted by atomic mass is 10.1. The molecule has 0 aliphatic heterocycles. The Morgan fingerprint density at radius 2 is 1.82 bits per heavy atom. The summed E-state index contributed by atoms with van der Waals surface area (Å²) in [5.74, 6) is 0.380. The quantitative estimate of drug-likeness (QED) is 0.695. The summed E-state index contributed by atoms with van der Waals surface area (Å²) in [6.07, 6.45) is 0.827. The molecule has 0 saturated carbocycles. The van der Waals surface area contributed by atoms with Crippen LogP contribution in [0.1, 0.15) is 43.1 Å². The molecule has 28 heavy (non-hydrogen) atoms. The van der Waals surface area contributed by atoms with Crippen molar-refractivity contribution >= 4 is 15.9 Å². The second-order valence-electron chi connectivity index (χ2n) is 6.61. The first-order chi connectivity index (χ1) is 13.3. The van der Waals surface area contributed by atoms with Gasteiger partial charge in [0.1, 0.15) is 5.75 Å². The first-order valence-electron chi connectivity index (χ1n) is 9.37. The molecule has 6 nitrogen and oxygen atoms in total. The summed E-state index contributed by atoms with van der Waals surface area (Å²) >= 11 is 0. The van der Waals surface area contributed by atoms with Crippen molar-refractivity contribution in [3.05, 3.63) is 59.7 Å². The highest BCUT2D eigenvalue weighted by Crippen LogP contribution is 2.24. The Bertz CT molecular complexity index is 898. The van der Waals surface area contributed by atoms with Crippen molar-refractivity contribution in [2.45, 2.75) is 44.7 Å². The number of benzene rings is 2. The van der Waals surface area contributed by atoms with Gasteiger partial charge >= 0.3 is 0 Å². The van der Waals surface area contributed by atoms with E-state index in [4.69, 9.17) is 4.74 Å². The van der Waals surface area contributed by atoms with Gasteiger partial charge in [0.05, 0.1) is 11.5 Å². The molecule has 0 radical (unpaired) electrons. The Morgan fingerprint density at radius 3 is 2.43 bits per heavy atom. The number of nitrogens with one attached hydrogen (secondary N) is 1. The lowest BCUT2D eigenvalue weighted by Gasteiger charge is -2.20. The number of rotatable bonds is 9.